The van der Waals surface area contributed by atoms with Crippen LogP contribution in [0.1, 0.15) is 12.5 Å². The van der Waals surface area contributed by atoms with Crippen LogP contribution in [0.5, 0.6) is 5.75 Å². The molecule has 0 aliphatic carbocycles. The number of pyridine rings is 1. The van der Waals surface area contributed by atoms with Crippen LogP contribution in [-0.2, 0) is 13.5 Å². The Kier molecular flexibility index (Phi) is 4.45. The molecule has 0 radical (unpaired) electrons. The lowest BCUT2D eigenvalue weighted by Crippen LogP contribution is -2.36. The van der Waals surface area contributed by atoms with Gasteiger partial charge in [-0.25, -0.2) is 9.78 Å². The van der Waals surface area contributed by atoms with Crippen LogP contribution >= 0.6 is 0 Å². The van der Waals surface area contributed by atoms with E-state index in [1.54, 1.807) is 13.3 Å². The third kappa shape index (κ3) is 3.01. The maximum Gasteiger partial charge on any atom is 0.314 e. The van der Waals surface area contributed by atoms with Crippen molar-refractivity contribution >= 4 is 17.1 Å². The van der Waals surface area contributed by atoms with Gasteiger partial charge in [0.15, 0.2) is 0 Å². The third-order valence-electron chi connectivity index (χ3n) is 3.12. The average molecular weight is 276 g/mol. The van der Waals surface area contributed by atoms with Crippen molar-refractivity contribution in [3.8, 4) is 5.75 Å². The summed E-state index contributed by atoms with van der Waals surface area (Å²) in [6.07, 6.45) is 4.50. The lowest BCUT2D eigenvalue weighted by molar-refractivity contribution is 0.241. The highest BCUT2D eigenvalue weighted by Crippen LogP contribution is 2.23. The number of rotatable bonds is 5. The van der Waals surface area contributed by atoms with Crippen molar-refractivity contribution < 1.29 is 9.53 Å². The van der Waals surface area contributed by atoms with Crippen LogP contribution in [0, 0.1) is 0 Å². The van der Waals surface area contributed by atoms with Crippen molar-refractivity contribution in [3.63, 3.8) is 0 Å². The molecule has 0 unspecified atom stereocenters. The van der Waals surface area contributed by atoms with Gasteiger partial charge in [0.2, 0.25) is 0 Å². The maximum absolute atomic E-state index is 11.3. The number of carbonyl (C=O) groups is 1. The van der Waals surface area contributed by atoms with Crippen molar-refractivity contribution in [1.29, 1.82) is 0 Å². The van der Waals surface area contributed by atoms with Crippen molar-refractivity contribution in [2.45, 2.75) is 13.3 Å². The zero-order chi connectivity index (χ0) is 14.5. The topological polar surface area (TPSA) is 68.2 Å². The summed E-state index contributed by atoms with van der Waals surface area (Å²) in [5.74, 6) is 0.738. The number of aryl methyl sites for hydroxylation is 1. The van der Waals surface area contributed by atoms with Gasteiger partial charge in [-0.1, -0.05) is 0 Å². The van der Waals surface area contributed by atoms with Crippen molar-refractivity contribution in [1.82, 2.24) is 20.2 Å². The Balaban J connectivity index is 2.11. The smallest absolute Gasteiger partial charge is 0.314 e. The van der Waals surface area contributed by atoms with Gasteiger partial charge in [-0.05, 0) is 25.0 Å². The standard InChI is InChI=1S/C14H20N4O2/c1-4-15-14(19)16-6-5-10-9-18(2)13-12(10)7-11(20-3)8-17-13/h7-9H,4-6H2,1-3H3,(H2,15,16,19). The minimum absolute atomic E-state index is 0.136. The molecule has 0 aliphatic heterocycles. The summed E-state index contributed by atoms with van der Waals surface area (Å²) < 4.78 is 7.19. The molecular formula is C14H20N4O2. The van der Waals surface area contributed by atoms with Gasteiger partial charge in [0.25, 0.3) is 0 Å². The summed E-state index contributed by atoms with van der Waals surface area (Å²) in [5.41, 5.74) is 2.06. The summed E-state index contributed by atoms with van der Waals surface area (Å²) in [7, 11) is 3.59. The molecule has 0 saturated carbocycles. The number of ether oxygens (including phenoxy) is 1. The Labute approximate surface area is 118 Å². The van der Waals surface area contributed by atoms with Crippen LogP contribution < -0.4 is 15.4 Å². The number of hydrogen-bond acceptors (Lipinski definition) is 3. The van der Waals surface area contributed by atoms with Crippen molar-refractivity contribution in [3.05, 3.63) is 24.0 Å². The van der Waals surface area contributed by atoms with E-state index in [1.165, 1.54) is 0 Å². The zero-order valence-corrected chi connectivity index (χ0v) is 12.1. The Hall–Kier alpha value is -2.24. The molecule has 2 N–H and O–H groups in total. The van der Waals surface area contributed by atoms with Crippen LogP contribution in [0.25, 0.3) is 11.0 Å². The zero-order valence-electron chi connectivity index (χ0n) is 12.1. The first-order chi connectivity index (χ1) is 9.65. The largest absolute Gasteiger partial charge is 0.495 e. The molecule has 20 heavy (non-hydrogen) atoms. The molecule has 6 heteroatoms. The maximum atomic E-state index is 11.3. The van der Waals surface area contributed by atoms with E-state index in [1.807, 2.05) is 30.8 Å². The number of urea groups is 1. The summed E-state index contributed by atoms with van der Waals surface area (Å²) in [5, 5.41) is 6.59. The Morgan fingerprint density at radius 3 is 2.95 bits per heavy atom. The highest BCUT2D eigenvalue weighted by Gasteiger charge is 2.09. The second-order valence-corrected chi connectivity index (χ2v) is 4.55. The molecule has 2 amide bonds. The molecule has 0 atom stereocenters. The number of carbonyl (C=O) groups excluding carboxylic acids is 1. The van der Waals surface area contributed by atoms with Gasteiger partial charge in [-0.15, -0.1) is 0 Å². The first kappa shape index (κ1) is 14.2. The van der Waals surface area contributed by atoms with E-state index < -0.39 is 0 Å². The van der Waals surface area contributed by atoms with E-state index in [9.17, 15) is 4.79 Å². The third-order valence-corrected chi connectivity index (χ3v) is 3.12. The van der Waals surface area contributed by atoms with Gasteiger partial charge >= 0.3 is 6.03 Å². The van der Waals surface area contributed by atoms with E-state index >= 15 is 0 Å². The minimum atomic E-state index is -0.136. The Morgan fingerprint density at radius 1 is 1.45 bits per heavy atom. The van der Waals surface area contributed by atoms with Crippen molar-refractivity contribution in [2.75, 3.05) is 20.2 Å². The van der Waals surface area contributed by atoms with E-state index in [0.29, 0.717) is 13.1 Å². The molecule has 6 nitrogen and oxygen atoms in total. The molecule has 0 saturated heterocycles. The van der Waals surface area contributed by atoms with Crippen LogP contribution in [0.3, 0.4) is 0 Å². The summed E-state index contributed by atoms with van der Waals surface area (Å²) in [6.45, 7) is 3.10. The highest BCUT2D eigenvalue weighted by atomic mass is 16.5. The van der Waals surface area contributed by atoms with E-state index in [-0.39, 0.29) is 6.03 Å². The lowest BCUT2D eigenvalue weighted by Gasteiger charge is -2.05. The molecule has 108 valence electrons. The van der Waals surface area contributed by atoms with Crippen LogP contribution in [0.15, 0.2) is 18.5 Å². The molecular weight excluding hydrogens is 256 g/mol. The molecule has 2 aromatic heterocycles. The number of amides is 2. The predicted octanol–water partition coefficient (Wildman–Crippen LogP) is 1.44. The van der Waals surface area contributed by atoms with E-state index in [2.05, 4.69) is 15.6 Å². The van der Waals surface area contributed by atoms with Gasteiger partial charge in [0.1, 0.15) is 11.4 Å². The molecule has 0 bridgehead atoms. The summed E-state index contributed by atoms with van der Waals surface area (Å²) >= 11 is 0. The quantitative estimate of drug-likeness (QED) is 0.868. The normalized spacial score (nSPS) is 10.6. The number of nitrogens with zero attached hydrogens (tertiary/aromatic N) is 2. The molecule has 0 aliphatic rings. The number of methoxy groups -OCH3 is 1. The highest BCUT2D eigenvalue weighted by molar-refractivity contribution is 5.82. The summed E-state index contributed by atoms with van der Waals surface area (Å²) in [6, 6.07) is 1.84. The van der Waals surface area contributed by atoms with Gasteiger partial charge in [0.05, 0.1) is 13.3 Å². The van der Waals surface area contributed by atoms with E-state index in [0.717, 1.165) is 28.8 Å². The van der Waals surface area contributed by atoms with Crippen LogP contribution in [0.4, 0.5) is 4.79 Å². The number of fused-ring (bicyclic) bond motifs is 1. The fraction of sp³-hybridized carbons (Fsp3) is 0.429. The van der Waals surface area contributed by atoms with Crippen molar-refractivity contribution in [2.24, 2.45) is 7.05 Å². The molecule has 2 aromatic rings. The minimum Gasteiger partial charge on any atom is -0.495 e. The SMILES string of the molecule is CCNC(=O)NCCc1cn(C)c2ncc(OC)cc12. The van der Waals surface area contributed by atoms with Gasteiger partial charge in [0, 0.05) is 31.7 Å². The number of aromatic nitrogens is 2. The fourth-order valence-electron chi connectivity index (χ4n) is 2.16. The fourth-order valence-corrected chi connectivity index (χ4v) is 2.16. The average Bonchev–Trinajstić information content (AvgIpc) is 2.75. The molecule has 2 heterocycles. The second-order valence-electron chi connectivity index (χ2n) is 4.55. The first-order valence-corrected chi connectivity index (χ1v) is 6.65. The number of nitrogens with one attached hydrogen (secondary N) is 2. The summed E-state index contributed by atoms with van der Waals surface area (Å²) in [4.78, 5) is 15.7. The van der Waals surface area contributed by atoms with Gasteiger partial charge < -0.3 is 19.9 Å². The molecule has 0 fully saturated rings. The predicted molar refractivity (Wildman–Crippen MR) is 78.0 cm³/mol. The lowest BCUT2D eigenvalue weighted by atomic mass is 10.1. The van der Waals surface area contributed by atoms with E-state index in [4.69, 9.17) is 4.74 Å². The second kappa shape index (κ2) is 6.27. The Morgan fingerprint density at radius 2 is 2.25 bits per heavy atom. The van der Waals surface area contributed by atoms with Gasteiger partial charge in [-0.2, -0.15) is 0 Å². The molecule has 0 aromatic carbocycles. The first-order valence-electron chi connectivity index (χ1n) is 6.65. The van der Waals surface area contributed by atoms with Crippen LogP contribution in [0.2, 0.25) is 0 Å². The molecule has 0 spiro atoms. The Bertz CT molecular complexity index is 606. The monoisotopic (exact) mass is 276 g/mol. The number of hydrogen-bond donors (Lipinski definition) is 2. The van der Waals surface area contributed by atoms with Crippen LogP contribution in [-0.4, -0.2) is 35.8 Å². The van der Waals surface area contributed by atoms with Gasteiger partial charge in [-0.3, -0.25) is 0 Å². The molecule has 2 rings (SSSR count).